The number of benzene rings is 2. The number of ketones is 1. The molecule has 2 aliphatic carbocycles. The zero-order valence-corrected chi connectivity index (χ0v) is 31.3. The van der Waals surface area contributed by atoms with Crippen LogP contribution in [-0.2, 0) is 11.6 Å². The minimum Gasteiger partial charge on any atom is -0.509 e. The molecule has 0 fully saturated rings. The van der Waals surface area contributed by atoms with Gasteiger partial charge in [-0.1, -0.05) is 95.4 Å². The Bertz CT molecular complexity index is 1810. The molecule has 0 spiro atoms. The largest absolute Gasteiger partial charge is 0.509 e. The number of alkyl halides is 2. The Morgan fingerprint density at radius 3 is 1.88 bits per heavy atom. The molecule has 0 radical (unpaired) electrons. The number of carbonyl (C=O) groups excluding carboxylic acids is 1. The fourth-order valence-corrected chi connectivity index (χ4v) is 11.5. The molecule has 42 heavy (non-hydrogen) atoms. The van der Waals surface area contributed by atoms with Crippen molar-refractivity contribution in [2.24, 2.45) is 11.8 Å². The molecule has 0 saturated heterocycles. The number of allylic oxidation sites excluding steroid dienone is 7. The average molecular weight is 1010 g/mol. The first kappa shape index (κ1) is 30.7. The molecule has 9 heteroatoms. The van der Waals surface area contributed by atoms with Crippen LogP contribution in [-0.4, -0.2) is 16.0 Å². The van der Waals surface area contributed by atoms with Crippen molar-refractivity contribution in [3.63, 3.8) is 0 Å². The summed E-state index contributed by atoms with van der Waals surface area (Å²) in [6.07, 6.45) is 4.92. The van der Waals surface area contributed by atoms with Crippen LogP contribution >= 0.6 is 90.4 Å². The fraction of sp³-hybridized carbons (Fsp3) is 0.242. The van der Waals surface area contributed by atoms with Gasteiger partial charge >= 0.3 is 0 Å². The molecule has 0 bridgehead atoms. The minimum absolute atomic E-state index is 0.0338. The maximum Gasteiger partial charge on any atom is 0.193 e. The van der Waals surface area contributed by atoms with Crippen LogP contribution in [0.4, 0.5) is 0 Å². The molecule has 6 rings (SSSR count). The van der Waals surface area contributed by atoms with Crippen molar-refractivity contribution in [3.8, 4) is 0 Å². The van der Waals surface area contributed by atoms with Crippen LogP contribution in [0.5, 0.6) is 0 Å². The van der Waals surface area contributed by atoms with Gasteiger partial charge in [0.15, 0.2) is 5.78 Å². The molecule has 2 N–H and O–H groups in total. The number of Topliss-reactive ketones (excluding diaryl/α,β-unsaturated/α-hetero) is 1. The highest BCUT2D eigenvalue weighted by atomic mass is 127. The molecule has 2 heterocycles. The molecule has 4 aromatic rings. The van der Waals surface area contributed by atoms with Crippen molar-refractivity contribution in [3.05, 3.63) is 114 Å². The smallest absolute Gasteiger partial charge is 0.193 e. The van der Waals surface area contributed by atoms with Crippen LogP contribution in [0.1, 0.15) is 38.2 Å². The highest BCUT2D eigenvalue weighted by Gasteiger charge is 2.54. The lowest BCUT2D eigenvalue weighted by molar-refractivity contribution is -0.118. The Hall–Kier alpha value is -1.33. The SMILES string of the molecule is CCC1C(=C(O)C2=CC(I)=C(O)C(I)(c3cc4ccccc4o3)C2CC)C=C(I)C(=O)C1(I)c1cc2ccccc2o1. The zero-order chi connectivity index (χ0) is 30.0. The number of hydrogen-bond donors (Lipinski definition) is 2. The minimum atomic E-state index is -1.04. The number of aliphatic hydroxyl groups is 2. The van der Waals surface area contributed by atoms with E-state index in [9.17, 15) is 15.0 Å². The van der Waals surface area contributed by atoms with Gasteiger partial charge < -0.3 is 19.0 Å². The lowest BCUT2D eigenvalue weighted by Gasteiger charge is -2.40. The Morgan fingerprint density at radius 1 is 0.833 bits per heavy atom. The van der Waals surface area contributed by atoms with Gasteiger partial charge in [0.05, 0.1) is 7.16 Å². The normalized spacial score (nSPS) is 27.9. The van der Waals surface area contributed by atoms with Gasteiger partial charge in [0.2, 0.25) is 0 Å². The molecule has 2 aromatic carbocycles. The molecule has 2 aromatic heterocycles. The van der Waals surface area contributed by atoms with Gasteiger partial charge in [-0.05, 0) is 94.4 Å². The van der Waals surface area contributed by atoms with Gasteiger partial charge in [-0.3, -0.25) is 4.79 Å². The Morgan fingerprint density at radius 2 is 1.36 bits per heavy atom. The molecular formula is C33H26I4O5. The van der Waals surface area contributed by atoms with E-state index in [1.54, 1.807) is 0 Å². The topological polar surface area (TPSA) is 83.8 Å². The highest BCUT2D eigenvalue weighted by Crippen LogP contribution is 2.58. The van der Waals surface area contributed by atoms with Gasteiger partial charge in [-0.25, -0.2) is 0 Å². The van der Waals surface area contributed by atoms with E-state index in [-0.39, 0.29) is 29.1 Å². The van der Waals surface area contributed by atoms with E-state index in [4.69, 9.17) is 8.83 Å². The number of carbonyl (C=O) groups is 1. The van der Waals surface area contributed by atoms with Crippen LogP contribution in [0.3, 0.4) is 0 Å². The van der Waals surface area contributed by atoms with Crippen LogP contribution in [0, 0.1) is 11.8 Å². The first-order valence-corrected chi connectivity index (χ1v) is 17.9. The van der Waals surface area contributed by atoms with E-state index in [1.807, 2.05) is 79.7 Å². The average Bonchev–Trinajstić information content (AvgIpc) is 3.63. The number of aliphatic hydroxyl groups excluding tert-OH is 2. The monoisotopic (exact) mass is 1010 g/mol. The van der Waals surface area contributed by atoms with Crippen molar-refractivity contribution in [1.29, 1.82) is 0 Å². The second kappa shape index (κ2) is 11.5. The summed E-state index contributed by atoms with van der Waals surface area (Å²) >= 11 is 8.74. The second-order valence-electron chi connectivity index (χ2n) is 10.6. The van der Waals surface area contributed by atoms with Crippen molar-refractivity contribution in [2.45, 2.75) is 33.5 Å². The number of fused-ring (bicyclic) bond motifs is 2. The molecule has 0 saturated carbocycles. The molecule has 0 aliphatic heterocycles. The predicted octanol–water partition coefficient (Wildman–Crippen LogP) is 11.1. The van der Waals surface area contributed by atoms with E-state index >= 15 is 0 Å². The van der Waals surface area contributed by atoms with Crippen LogP contribution < -0.4 is 0 Å². The Balaban J connectivity index is 1.53. The molecular weight excluding hydrogens is 984 g/mol. The van der Waals surface area contributed by atoms with E-state index in [1.165, 1.54) is 0 Å². The van der Waals surface area contributed by atoms with E-state index in [0.29, 0.717) is 42.7 Å². The van der Waals surface area contributed by atoms with Gasteiger partial charge in [-0.2, -0.15) is 0 Å². The van der Waals surface area contributed by atoms with Gasteiger partial charge in [0.1, 0.15) is 41.0 Å². The molecule has 2 aliphatic rings. The van der Waals surface area contributed by atoms with Crippen LogP contribution in [0.25, 0.3) is 21.9 Å². The standard InChI is InChI=1S/C33H26I4O5/c1-3-21-19(15-23(34)30(39)32(21,36)27-13-17-9-5-7-11-25(17)41-27)29(38)20-16-24(35)31(40)33(37,22(20)4-2)28-14-18-10-6-8-12-26(18)42-28/h5-16,21-22,38-39H,3-4H2,1-2H3. The lowest BCUT2D eigenvalue weighted by atomic mass is 9.71. The third-order valence-electron chi connectivity index (χ3n) is 8.33. The molecule has 0 amide bonds. The van der Waals surface area contributed by atoms with Crippen molar-refractivity contribution in [1.82, 2.24) is 0 Å². The van der Waals surface area contributed by atoms with Gasteiger partial charge in [0, 0.05) is 33.8 Å². The van der Waals surface area contributed by atoms with Crippen LogP contribution in [0.2, 0.25) is 0 Å². The molecule has 216 valence electrons. The maximum absolute atomic E-state index is 13.9. The fourth-order valence-electron chi connectivity index (χ4n) is 6.24. The first-order chi connectivity index (χ1) is 20.0. The summed E-state index contributed by atoms with van der Waals surface area (Å²) in [5, 5.41) is 25.7. The van der Waals surface area contributed by atoms with Gasteiger partial charge in [0.25, 0.3) is 0 Å². The Kier molecular flexibility index (Phi) is 8.44. The van der Waals surface area contributed by atoms with E-state index in [2.05, 4.69) is 97.3 Å². The number of halogens is 4. The first-order valence-electron chi connectivity index (χ1n) is 13.6. The number of hydrogen-bond acceptors (Lipinski definition) is 5. The molecule has 5 nitrogen and oxygen atoms in total. The highest BCUT2D eigenvalue weighted by molar-refractivity contribution is 14.1. The quantitative estimate of drug-likeness (QED) is 0.118. The van der Waals surface area contributed by atoms with Crippen molar-refractivity contribution in [2.75, 3.05) is 0 Å². The summed E-state index contributed by atoms with van der Waals surface area (Å²) < 4.78 is 11.8. The summed E-state index contributed by atoms with van der Waals surface area (Å²) in [7, 11) is 0. The maximum atomic E-state index is 13.9. The van der Waals surface area contributed by atoms with E-state index < -0.39 is 6.84 Å². The number of furan rings is 2. The predicted molar refractivity (Wildman–Crippen MR) is 200 cm³/mol. The van der Waals surface area contributed by atoms with Crippen LogP contribution in [0.15, 0.2) is 111 Å². The molecule has 4 atom stereocenters. The summed E-state index contributed by atoms with van der Waals surface area (Å²) in [6, 6.07) is 19.5. The zero-order valence-electron chi connectivity index (χ0n) is 22.6. The molecule has 4 unspecified atom stereocenters. The summed E-state index contributed by atoms with van der Waals surface area (Å²) in [5.74, 6) is 0.858. The van der Waals surface area contributed by atoms with Gasteiger partial charge in [-0.15, -0.1) is 0 Å². The lowest BCUT2D eigenvalue weighted by Crippen LogP contribution is -2.41. The number of rotatable bonds is 5. The summed E-state index contributed by atoms with van der Waals surface area (Å²) in [5.41, 5.74) is 2.87. The van der Waals surface area contributed by atoms with Crippen molar-refractivity contribution < 1.29 is 23.8 Å². The second-order valence-corrected chi connectivity index (χ2v) is 16.3. The third kappa shape index (κ3) is 4.65. The third-order valence-corrected chi connectivity index (χ3v) is 13.5. The summed E-state index contributed by atoms with van der Waals surface area (Å²) in [4.78, 5) is 13.9. The van der Waals surface area contributed by atoms with E-state index in [0.717, 1.165) is 21.9 Å². The number of para-hydroxylation sites is 2. The Labute approximate surface area is 298 Å². The van der Waals surface area contributed by atoms with Crippen molar-refractivity contribution >= 4 is 118 Å². The summed E-state index contributed by atoms with van der Waals surface area (Å²) in [6.45, 7) is 4.09.